The van der Waals surface area contributed by atoms with E-state index >= 15 is 0 Å². The first-order valence-corrected chi connectivity index (χ1v) is 6.88. The molecule has 0 aliphatic heterocycles. The van der Waals surface area contributed by atoms with Crippen molar-refractivity contribution in [3.63, 3.8) is 0 Å². The quantitative estimate of drug-likeness (QED) is 0.690. The van der Waals surface area contributed by atoms with E-state index in [-0.39, 0.29) is 11.7 Å². The number of carbonyl (C=O) groups excluding carboxylic acids is 1. The second-order valence-corrected chi connectivity index (χ2v) is 5.51. The van der Waals surface area contributed by atoms with Crippen LogP contribution in [0.25, 0.3) is 0 Å². The molecule has 0 aromatic rings. The van der Waals surface area contributed by atoms with E-state index in [4.69, 9.17) is 9.47 Å². The minimum absolute atomic E-state index is 0.0664. The van der Waals surface area contributed by atoms with Gasteiger partial charge in [-0.25, -0.2) is 4.79 Å². The maximum absolute atomic E-state index is 11.7. The van der Waals surface area contributed by atoms with Crippen LogP contribution in [0.4, 0.5) is 4.79 Å². The highest BCUT2D eigenvalue weighted by Gasteiger charge is 2.28. The largest absolute Gasteiger partial charge is 0.509 e. The highest BCUT2D eigenvalue weighted by Crippen LogP contribution is 2.27. The van der Waals surface area contributed by atoms with E-state index in [9.17, 15) is 4.79 Å². The maximum Gasteiger partial charge on any atom is 0.509 e. The van der Waals surface area contributed by atoms with Crippen molar-refractivity contribution in [3.05, 3.63) is 0 Å². The molecule has 0 aromatic heterocycles. The lowest BCUT2D eigenvalue weighted by molar-refractivity contribution is -0.0527. The van der Waals surface area contributed by atoms with Gasteiger partial charge < -0.3 is 9.47 Å². The van der Waals surface area contributed by atoms with E-state index in [0.717, 1.165) is 44.4 Å². The summed E-state index contributed by atoms with van der Waals surface area (Å²) in [5.41, 5.74) is -0.376. The van der Waals surface area contributed by atoms with Gasteiger partial charge in [-0.1, -0.05) is 20.8 Å². The monoisotopic (exact) mass is 242 g/mol. The van der Waals surface area contributed by atoms with E-state index in [1.54, 1.807) is 0 Å². The standard InChI is InChI=1S/C14H26O3/c1-5-14(4,6-2)17-13(15)16-12-9-7-11(3)8-10-12/h11-12H,5-10H2,1-4H3. The molecule has 0 heterocycles. The zero-order chi connectivity index (χ0) is 12.9. The highest BCUT2D eigenvalue weighted by molar-refractivity contribution is 5.60. The van der Waals surface area contributed by atoms with Gasteiger partial charge in [-0.05, 0) is 51.4 Å². The molecule has 0 aromatic carbocycles. The molecule has 1 aliphatic rings. The molecule has 1 fully saturated rings. The Morgan fingerprint density at radius 1 is 1.18 bits per heavy atom. The minimum Gasteiger partial charge on any atom is -0.431 e. The Hall–Kier alpha value is -0.730. The van der Waals surface area contributed by atoms with Gasteiger partial charge in [0.25, 0.3) is 0 Å². The molecule has 0 spiro atoms. The van der Waals surface area contributed by atoms with Crippen LogP contribution in [0.5, 0.6) is 0 Å². The topological polar surface area (TPSA) is 35.5 Å². The molecule has 1 saturated carbocycles. The maximum atomic E-state index is 11.7. The van der Waals surface area contributed by atoms with Gasteiger partial charge in [0.15, 0.2) is 0 Å². The van der Waals surface area contributed by atoms with Crippen LogP contribution in [0.1, 0.15) is 66.2 Å². The Morgan fingerprint density at radius 2 is 1.71 bits per heavy atom. The van der Waals surface area contributed by atoms with Crippen molar-refractivity contribution < 1.29 is 14.3 Å². The fourth-order valence-corrected chi connectivity index (χ4v) is 2.10. The molecule has 0 bridgehead atoms. The Morgan fingerprint density at radius 3 is 2.18 bits per heavy atom. The first-order chi connectivity index (χ1) is 7.99. The number of ether oxygens (including phenoxy) is 2. The molecule has 0 amide bonds. The fraction of sp³-hybridized carbons (Fsp3) is 0.929. The van der Waals surface area contributed by atoms with E-state index < -0.39 is 6.16 Å². The van der Waals surface area contributed by atoms with Crippen LogP contribution in [0.15, 0.2) is 0 Å². The van der Waals surface area contributed by atoms with Gasteiger partial charge in [0.1, 0.15) is 11.7 Å². The summed E-state index contributed by atoms with van der Waals surface area (Å²) in [6.07, 6.45) is 5.47. The first kappa shape index (κ1) is 14.3. The minimum atomic E-state index is -0.490. The summed E-state index contributed by atoms with van der Waals surface area (Å²) in [6, 6.07) is 0. The molecule has 0 unspecified atom stereocenters. The summed E-state index contributed by atoms with van der Waals surface area (Å²) in [5.74, 6) is 0.766. The van der Waals surface area contributed by atoms with Gasteiger partial charge in [0, 0.05) is 0 Å². The Balaban J connectivity index is 2.34. The molecule has 0 atom stereocenters. The van der Waals surface area contributed by atoms with Gasteiger partial charge in [-0.15, -0.1) is 0 Å². The van der Waals surface area contributed by atoms with Crippen molar-refractivity contribution in [2.75, 3.05) is 0 Å². The Bertz CT molecular complexity index is 238. The average Bonchev–Trinajstić information content (AvgIpc) is 2.32. The SMILES string of the molecule is CCC(C)(CC)OC(=O)OC1CCC(C)CC1. The summed E-state index contributed by atoms with van der Waals surface area (Å²) >= 11 is 0. The van der Waals surface area contributed by atoms with Crippen LogP contribution in [0.3, 0.4) is 0 Å². The highest BCUT2D eigenvalue weighted by atomic mass is 16.7. The van der Waals surface area contributed by atoms with Crippen molar-refractivity contribution in [2.24, 2.45) is 5.92 Å². The van der Waals surface area contributed by atoms with Crippen molar-refractivity contribution >= 4 is 6.16 Å². The first-order valence-electron chi connectivity index (χ1n) is 6.88. The number of hydrogen-bond donors (Lipinski definition) is 0. The van der Waals surface area contributed by atoms with Gasteiger partial charge in [0.05, 0.1) is 0 Å². The van der Waals surface area contributed by atoms with Crippen LogP contribution in [-0.2, 0) is 9.47 Å². The molecule has 17 heavy (non-hydrogen) atoms. The van der Waals surface area contributed by atoms with Crippen LogP contribution in [0.2, 0.25) is 0 Å². The van der Waals surface area contributed by atoms with Gasteiger partial charge in [-0.2, -0.15) is 0 Å². The zero-order valence-electron chi connectivity index (χ0n) is 11.6. The Kier molecular flexibility index (Phi) is 5.29. The predicted octanol–water partition coefficient (Wildman–Crippen LogP) is 4.30. The lowest BCUT2D eigenvalue weighted by atomic mass is 9.89. The molecule has 0 N–H and O–H groups in total. The molecule has 100 valence electrons. The van der Waals surface area contributed by atoms with Crippen LogP contribution in [0, 0.1) is 5.92 Å². The second-order valence-electron chi connectivity index (χ2n) is 5.51. The van der Waals surface area contributed by atoms with E-state index in [2.05, 4.69) is 6.92 Å². The van der Waals surface area contributed by atoms with Crippen LogP contribution >= 0.6 is 0 Å². The average molecular weight is 242 g/mol. The predicted molar refractivity (Wildman–Crippen MR) is 68.0 cm³/mol. The lowest BCUT2D eigenvalue weighted by Gasteiger charge is -2.29. The number of carbonyl (C=O) groups is 1. The summed E-state index contributed by atoms with van der Waals surface area (Å²) in [5, 5.41) is 0. The third kappa shape index (κ3) is 4.57. The zero-order valence-corrected chi connectivity index (χ0v) is 11.6. The summed E-state index contributed by atoms with van der Waals surface area (Å²) in [4.78, 5) is 11.7. The molecule has 1 aliphatic carbocycles. The van der Waals surface area contributed by atoms with E-state index in [0.29, 0.717) is 0 Å². The summed E-state index contributed by atoms with van der Waals surface area (Å²) < 4.78 is 10.8. The van der Waals surface area contributed by atoms with E-state index in [1.807, 2.05) is 20.8 Å². The fourth-order valence-electron chi connectivity index (χ4n) is 2.10. The second kappa shape index (κ2) is 6.27. The Labute approximate surface area is 105 Å². The lowest BCUT2D eigenvalue weighted by Crippen LogP contribution is -2.33. The van der Waals surface area contributed by atoms with E-state index in [1.165, 1.54) is 0 Å². The van der Waals surface area contributed by atoms with Gasteiger partial charge in [0.2, 0.25) is 0 Å². The normalized spacial score (nSPS) is 25.4. The van der Waals surface area contributed by atoms with Crippen molar-refractivity contribution in [2.45, 2.75) is 77.9 Å². The third-order valence-corrected chi connectivity index (χ3v) is 4.05. The summed E-state index contributed by atoms with van der Waals surface area (Å²) in [7, 11) is 0. The molecule has 0 saturated heterocycles. The summed E-state index contributed by atoms with van der Waals surface area (Å²) in [6.45, 7) is 8.26. The number of rotatable bonds is 4. The molecular formula is C14H26O3. The molecular weight excluding hydrogens is 216 g/mol. The molecule has 0 radical (unpaired) electrons. The van der Waals surface area contributed by atoms with Crippen molar-refractivity contribution in [1.29, 1.82) is 0 Å². The van der Waals surface area contributed by atoms with Crippen molar-refractivity contribution in [3.8, 4) is 0 Å². The van der Waals surface area contributed by atoms with Gasteiger partial charge in [-0.3, -0.25) is 0 Å². The van der Waals surface area contributed by atoms with Crippen molar-refractivity contribution in [1.82, 2.24) is 0 Å². The third-order valence-electron chi connectivity index (χ3n) is 4.05. The number of hydrogen-bond acceptors (Lipinski definition) is 3. The smallest absolute Gasteiger partial charge is 0.431 e. The molecule has 3 nitrogen and oxygen atoms in total. The van der Waals surface area contributed by atoms with Crippen LogP contribution < -0.4 is 0 Å². The molecule has 1 rings (SSSR count). The van der Waals surface area contributed by atoms with Crippen LogP contribution in [-0.4, -0.2) is 17.9 Å². The van der Waals surface area contributed by atoms with Gasteiger partial charge >= 0.3 is 6.16 Å². The molecule has 3 heteroatoms.